The van der Waals surface area contributed by atoms with E-state index in [1.807, 2.05) is 32.0 Å². The van der Waals surface area contributed by atoms with Crippen LogP contribution in [0.3, 0.4) is 0 Å². The molecule has 0 bridgehead atoms. The van der Waals surface area contributed by atoms with Crippen molar-refractivity contribution in [3.05, 3.63) is 270 Å². The van der Waals surface area contributed by atoms with Gasteiger partial charge < -0.3 is 51.2 Å². The third kappa shape index (κ3) is 54.0. The zero-order valence-electron chi connectivity index (χ0n) is 74.7. The van der Waals surface area contributed by atoms with Gasteiger partial charge in [-0.1, -0.05) is 128 Å². The van der Waals surface area contributed by atoms with Crippen molar-refractivity contribution in [3.63, 3.8) is 0 Å². The number of aryl methyl sites for hydroxylation is 3. The number of rotatable bonds is 25. The van der Waals surface area contributed by atoms with Crippen LogP contribution in [-0.2, 0) is 143 Å². The standard InChI is InChI=1S/C28H25O8S2.C28H24O8S2.C22H20O5S.10Na.5O3S/c2*1-3-19-6-14-25(27(16-19)37(29,30)31)21-7-4-20(5-8-21)18-36-24-13-15-26(28(17-24)38(32,33)34)22-9-11-23(35-2)12-10-22;1-3-16-4-6-17(7-5-16)15-27-19-10-8-18(9-11-19)21-13-12-20(26-2)14-22(21)28(23,24)25;;;;;;;;;;;5*1-4(2)3/h4-9,11-17H,3,18H2,1-2H3,(H,29,30,31)(H,32,33,34);4-7,9,11-17H,3,18H2,1-2H3,(H,29,30,31)(H,32,33,34);4-6,8,10-14H,3,15H2,1-2H3,(H,23,24,25);;;;;;;;;;;;;;;/q-1;2*-2;10*+1;;;;;/p-5. The minimum atomic E-state index is -4.82. The van der Waals surface area contributed by atoms with Gasteiger partial charge in [0.05, 0.1) is 39.4 Å². The van der Waals surface area contributed by atoms with Crippen LogP contribution in [0.4, 0.5) is 0 Å². The van der Waals surface area contributed by atoms with E-state index in [1.54, 1.807) is 127 Å². The van der Waals surface area contributed by atoms with Gasteiger partial charge in [0.2, 0.25) is 0 Å². The second kappa shape index (κ2) is 72.2. The fourth-order valence-corrected chi connectivity index (χ4v) is 14.0. The van der Waals surface area contributed by atoms with Crippen LogP contribution in [0.15, 0.2) is 231 Å². The van der Waals surface area contributed by atoms with Crippen molar-refractivity contribution in [2.24, 2.45) is 0 Å². The van der Waals surface area contributed by atoms with Crippen LogP contribution in [0.2, 0.25) is 0 Å². The van der Waals surface area contributed by atoms with E-state index in [0.29, 0.717) is 87.0 Å². The van der Waals surface area contributed by atoms with Crippen LogP contribution in [-0.4, -0.2) is 149 Å². The van der Waals surface area contributed by atoms with Crippen LogP contribution in [0.25, 0.3) is 55.6 Å². The zero-order chi connectivity index (χ0) is 93.0. The van der Waals surface area contributed by atoms with Crippen molar-refractivity contribution in [2.45, 2.75) is 84.3 Å². The maximum absolute atomic E-state index is 12.0. The Morgan fingerprint density at radius 3 is 0.776 bits per heavy atom. The van der Waals surface area contributed by atoms with Crippen molar-refractivity contribution in [3.8, 4) is 90.1 Å². The first-order chi connectivity index (χ1) is 58.0. The summed E-state index contributed by atoms with van der Waals surface area (Å²) >= 11 is 0. The molecule has 0 aliphatic heterocycles. The third-order valence-corrected chi connectivity index (χ3v) is 20.4. The van der Waals surface area contributed by atoms with Gasteiger partial charge in [-0.3, -0.25) is 0 Å². The molecule has 11 rings (SSSR count). The number of methoxy groups -OCH3 is 3. The topological polar surface area (TPSA) is 597 Å². The summed E-state index contributed by atoms with van der Waals surface area (Å²) in [7, 11) is -34.8. The summed E-state index contributed by atoms with van der Waals surface area (Å²) < 4.78 is 337. The maximum Gasteiger partial charge on any atom is 1.00 e. The summed E-state index contributed by atoms with van der Waals surface area (Å²) in [6.45, 7) is 6.24. The van der Waals surface area contributed by atoms with Gasteiger partial charge in [-0.05, 0) is 83.1 Å². The minimum Gasteiger partial charge on any atom is -0.745 e. The molecule has 0 spiro atoms. The summed E-state index contributed by atoms with van der Waals surface area (Å²) in [5.41, 5.74) is 8.41. The fraction of sp³-hybridized carbons (Fsp3) is 0.154. The first kappa shape index (κ1) is 145. The quantitative estimate of drug-likeness (QED) is 0.0291. The first-order valence-corrected chi connectivity index (χ1v) is 46.1. The molecule has 11 aromatic carbocycles. The largest absolute Gasteiger partial charge is 1.00 e. The van der Waals surface area contributed by atoms with E-state index < -0.39 is 113 Å². The molecule has 0 unspecified atom stereocenters. The van der Waals surface area contributed by atoms with Gasteiger partial charge in [0.25, 0.3) is 0 Å². The molecule has 0 atom stereocenters. The van der Waals surface area contributed by atoms with E-state index in [2.05, 4.69) is 37.3 Å². The van der Waals surface area contributed by atoms with Crippen molar-refractivity contribution in [2.75, 3.05) is 21.3 Å². The molecule has 0 aliphatic carbocycles. The summed E-state index contributed by atoms with van der Waals surface area (Å²) in [6.07, 6.45) is 2.13. The smallest absolute Gasteiger partial charge is 0.745 e. The third-order valence-electron chi connectivity index (χ3n) is 16.0. The molecule has 0 saturated carbocycles. The van der Waals surface area contributed by atoms with Gasteiger partial charge in [0.15, 0.2) is 0 Å². The van der Waals surface area contributed by atoms with E-state index in [1.165, 1.54) is 81.5 Å². The number of ether oxygens (including phenoxy) is 6. The second-order valence-electron chi connectivity index (χ2n) is 23.8. The van der Waals surface area contributed by atoms with Crippen LogP contribution in [0.1, 0.15) is 54.2 Å². The normalized spacial score (nSPS) is 9.93. The second-order valence-corrected chi connectivity index (χ2v) is 32.6. The molecule has 662 valence electrons. The van der Waals surface area contributed by atoms with Crippen LogP contribution in [0, 0.1) is 30.3 Å². The molecule has 11 aromatic rings. The van der Waals surface area contributed by atoms with E-state index in [9.17, 15) is 64.9 Å². The summed E-state index contributed by atoms with van der Waals surface area (Å²) in [6, 6.07) is 69.2. The van der Waals surface area contributed by atoms with Crippen LogP contribution >= 0.6 is 0 Å². The monoisotopic (exact) mass is 2130 g/mol. The molecule has 0 heterocycles. The SMILES string of the molecule is CCc1c[c-]c(COc2c[c-]c(-c3ccc(OC)cc3S(=O)(=O)[O-])cc2)cc1.CCc1ccc(-c2[c-]cc(COc3ccc(-c4[c-]cc(OC)cc4)c(S(=O)(=O)[O-])c3)cc2)c(S(=O)(=O)[O-])c1.CCc1ccc(-c2ccc(COc3ccc(-c4[c-]cc(OC)cc4)c(S(=O)(=O)[O-])c3)cc2)c(S(=O)(=O)[O-])c1.O=S(=O)=O.O=S(=O)=O.O=S(=O)=O.O=S(=O)=O.O=S(=O)=O.[Na+].[Na+].[Na+].[Na+].[Na+].[Na+].[Na+].[Na+].[Na+].[Na+]. The number of hydrogen-bond acceptors (Lipinski definition) is 36. The Bertz CT molecular complexity index is 6360. The molecule has 0 radical (unpaired) electrons. The van der Waals surface area contributed by atoms with Crippen LogP contribution in [0.5, 0.6) is 34.5 Å². The van der Waals surface area contributed by atoms with Crippen molar-refractivity contribution < 1.29 is 452 Å². The van der Waals surface area contributed by atoms with Gasteiger partial charge in [-0.25, -0.2) is 42.1 Å². The first-order valence-electron chi connectivity index (χ1n) is 34.0. The Morgan fingerprint density at radius 1 is 0.246 bits per heavy atom. The molecule has 0 N–H and O–H groups in total. The van der Waals surface area contributed by atoms with Crippen molar-refractivity contribution >= 4 is 104 Å². The average molecular weight is 2130 g/mol. The molecule has 0 aromatic heterocycles. The Kier molecular flexibility index (Phi) is 78.0. The van der Waals surface area contributed by atoms with E-state index >= 15 is 0 Å². The minimum absolute atomic E-state index is 0. The molecule has 0 saturated heterocycles. The van der Waals surface area contributed by atoms with E-state index in [4.69, 9.17) is 91.6 Å². The molecule has 134 heavy (non-hydrogen) atoms. The average Bonchev–Trinajstić information content (AvgIpc) is 0.805. The Balaban J connectivity index is -0.000000318. The van der Waals surface area contributed by atoms with Gasteiger partial charge in [-0.15, -0.1) is 188 Å². The van der Waals surface area contributed by atoms with Gasteiger partial charge in [0.1, 0.15) is 74.4 Å². The Labute approximate surface area is 1000 Å². The number of hydrogen-bond donors (Lipinski definition) is 0. The predicted molar refractivity (Wildman–Crippen MR) is 429 cm³/mol. The van der Waals surface area contributed by atoms with Gasteiger partial charge in [0, 0.05) is 36.8 Å². The molecule has 56 heteroatoms. The molecular formula is C78H64Na10O36S10. The maximum atomic E-state index is 12.0. The molecular weight excluding hydrogens is 2060 g/mol. The van der Waals surface area contributed by atoms with Crippen LogP contribution < -0.4 is 324 Å². The van der Waals surface area contributed by atoms with E-state index in [-0.39, 0.29) is 357 Å². The molecule has 0 aliphatic rings. The summed E-state index contributed by atoms with van der Waals surface area (Å²) in [4.78, 5) is -1.81. The van der Waals surface area contributed by atoms with Gasteiger partial charge in [-0.2, -0.15) is 29.8 Å². The number of benzene rings is 11. The Morgan fingerprint density at radius 2 is 0.485 bits per heavy atom. The summed E-state index contributed by atoms with van der Waals surface area (Å²) in [5, 5.41) is 0. The fourth-order valence-electron chi connectivity index (χ4n) is 10.4. The molecule has 36 nitrogen and oxygen atoms in total. The zero-order valence-corrected chi connectivity index (χ0v) is 103. The van der Waals surface area contributed by atoms with E-state index in [0.717, 1.165) is 29.2 Å². The predicted octanol–water partition coefficient (Wildman–Crippen LogP) is -21.6. The Hall–Kier alpha value is -2.13. The van der Waals surface area contributed by atoms with Crippen molar-refractivity contribution in [1.82, 2.24) is 0 Å². The van der Waals surface area contributed by atoms with Gasteiger partial charge >= 0.3 is 349 Å². The summed E-state index contributed by atoms with van der Waals surface area (Å²) in [5.74, 6) is 2.29. The molecule has 0 amide bonds. The molecule has 0 fully saturated rings. The van der Waals surface area contributed by atoms with Crippen molar-refractivity contribution in [1.29, 1.82) is 0 Å².